The predicted molar refractivity (Wildman–Crippen MR) is 99.5 cm³/mol. The number of carbonyl (C=O) groups excluding carboxylic acids is 2. The van der Waals surface area contributed by atoms with E-state index in [1.807, 2.05) is 0 Å². The van der Waals surface area contributed by atoms with Crippen LogP contribution in [0.1, 0.15) is 12.8 Å². The van der Waals surface area contributed by atoms with E-state index in [0.717, 1.165) is 19.4 Å². The Morgan fingerprint density at radius 3 is 2.60 bits per heavy atom. The van der Waals surface area contributed by atoms with Crippen LogP contribution in [-0.4, -0.2) is 66.9 Å². The number of anilines is 1. The highest BCUT2D eigenvalue weighted by Gasteiger charge is 2.27. The molecule has 0 unspecified atom stereocenters. The Balaban J connectivity index is 1.46. The highest BCUT2D eigenvalue weighted by Crippen LogP contribution is 2.25. The highest BCUT2D eigenvalue weighted by molar-refractivity contribution is 6.36. The molecule has 0 bridgehead atoms. The largest absolute Gasteiger partial charge is 0.322 e. The fraction of sp³-hybridized carbons (Fsp3) is 0.529. The van der Waals surface area contributed by atoms with Gasteiger partial charge in [-0.05, 0) is 37.6 Å². The zero-order valence-corrected chi connectivity index (χ0v) is 15.4. The molecule has 0 saturated carbocycles. The molecule has 1 atom stereocenters. The maximum Gasteiger partial charge on any atom is 0.321 e. The fourth-order valence-electron chi connectivity index (χ4n) is 3.18. The van der Waals surface area contributed by atoms with Gasteiger partial charge in [0.2, 0.25) is 0 Å². The maximum atomic E-state index is 12.4. The van der Waals surface area contributed by atoms with Crippen LogP contribution in [0.3, 0.4) is 0 Å². The third kappa shape index (κ3) is 4.85. The molecular formula is C17H22Cl2N4O2. The topological polar surface area (TPSA) is 64.7 Å². The standard InChI is InChI=1S/C17H22Cl2N4O2/c18-12-3-4-14(13(19)10-12)21-17(25)23-8-6-22(7-9-23)11-16(24)15-2-1-5-20-15/h3-4,10,15,20H,1-2,5-9,11H2,(H,21,25)/t15-/m1/s1. The van der Waals surface area contributed by atoms with Crippen molar-refractivity contribution < 1.29 is 9.59 Å². The zero-order valence-electron chi connectivity index (χ0n) is 13.9. The molecule has 1 aromatic rings. The minimum Gasteiger partial charge on any atom is -0.322 e. The molecule has 2 aliphatic rings. The van der Waals surface area contributed by atoms with Crippen molar-refractivity contribution in [2.45, 2.75) is 18.9 Å². The number of piperazine rings is 1. The summed E-state index contributed by atoms with van der Waals surface area (Å²) in [6, 6.07) is 4.79. The smallest absolute Gasteiger partial charge is 0.321 e. The number of hydrogen-bond acceptors (Lipinski definition) is 4. The van der Waals surface area contributed by atoms with E-state index in [-0.39, 0.29) is 17.9 Å². The quantitative estimate of drug-likeness (QED) is 0.836. The van der Waals surface area contributed by atoms with E-state index in [1.165, 1.54) is 0 Å². The third-order valence-electron chi connectivity index (χ3n) is 4.66. The average Bonchev–Trinajstić information content (AvgIpc) is 3.13. The van der Waals surface area contributed by atoms with Gasteiger partial charge in [-0.3, -0.25) is 9.69 Å². The molecular weight excluding hydrogens is 363 g/mol. The lowest BCUT2D eigenvalue weighted by molar-refractivity contribution is -0.122. The van der Waals surface area contributed by atoms with Crippen LogP contribution < -0.4 is 10.6 Å². The number of Topliss-reactive ketones (excluding diaryl/α,β-unsaturated/α-hetero) is 1. The molecule has 0 aliphatic carbocycles. The van der Waals surface area contributed by atoms with Gasteiger partial charge in [-0.15, -0.1) is 0 Å². The van der Waals surface area contributed by atoms with Gasteiger partial charge in [-0.25, -0.2) is 4.79 Å². The average molecular weight is 385 g/mol. The molecule has 2 N–H and O–H groups in total. The van der Waals surface area contributed by atoms with E-state index in [2.05, 4.69) is 15.5 Å². The number of nitrogens with zero attached hydrogens (tertiary/aromatic N) is 2. The number of hydrogen-bond donors (Lipinski definition) is 2. The second-order valence-corrected chi connectivity index (χ2v) is 7.28. The van der Waals surface area contributed by atoms with E-state index in [0.29, 0.717) is 48.5 Å². The molecule has 136 valence electrons. The SMILES string of the molecule is O=C(CN1CCN(C(=O)Nc2ccc(Cl)cc2Cl)CC1)[C@H]1CCCN1. The molecule has 2 aliphatic heterocycles. The Kier molecular flexibility index (Phi) is 6.17. The lowest BCUT2D eigenvalue weighted by Gasteiger charge is -2.34. The summed E-state index contributed by atoms with van der Waals surface area (Å²) in [5, 5.41) is 6.98. The van der Waals surface area contributed by atoms with Gasteiger partial charge in [0.25, 0.3) is 0 Å². The molecule has 2 heterocycles. The zero-order chi connectivity index (χ0) is 17.8. The lowest BCUT2D eigenvalue weighted by Crippen LogP contribution is -2.52. The normalized spacial score (nSPS) is 21.4. The van der Waals surface area contributed by atoms with Crippen LogP contribution in [-0.2, 0) is 4.79 Å². The summed E-state index contributed by atoms with van der Waals surface area (Å²) in [5.41, 5.74) is 0.543. The molecule has 2 saturated heterocycles. The number of rotatable bonds is 4. The molecule has 2 amide bonds. The Bertz CT molecular complexity index is 642. The van der Waals surface area contributed by atoms with Crippen LogP contribution in [0.4, 0.5) is 10.5 Å². The van der Waals surface area contributed by atoms with E-state index < -0.39 is 0 Å². The number of halogens is 2. The van der Waals surface area contributed by atoms with Gasteiger partial charge in [0.05, 0.1) is 23.3 Å². The van der Waals surface area contributed by atoms with Gasteiger partial charge in [0, 0.05) is 31.2 Å². The second-order valence-electron chi connectivity index (χ2n) is 6.43. The van der Waals surface area contributed by atoms with Gasteiger partial charge in [0.15, 0.2) is 5.78 Å². The van der Waals surface area contributed by atoms with Crippen molar-refractivity contribution in [1.82, 2.24) is 15.1 Å². The summed E-state index contributed by atoms with van der Waals surface area (Å²) in [7, 11) is 0. The van der Waals surface area contributed by atoms with Gasteiger partial charge in [-0.2, -0.15) is 0 Å². The summed E-state index contributed by atoms with van der Waals surface area (Å²) >= 11 is 11.9. The number of urea groups is 1. The van der Waals surface area contributed by atoms with Crippen molar-refractivity contribution in [3.8, 4) is 0 Å². The molecule has 1 aromatic carbocycles. The third-order valence-corrected chi connectivity index (χ3v) is 5.21. The van der Waals surface area contributed by atoms with Crippen LogP contribution in [0, 0.1) is 0 Å². The Labute approximate surface area is 157 Å². The second kappa shape index (κ2) is 8.36. The first kappa shape index (κ1) is 18.5. The summed E-state index contributed by atoms with van der Waals surface area (Å²) in [6.07, 6.45) is 2.00. The van der Waals surface area contributed by atoms with Gasteiger partial charge in [-0.1, -0.05) is 23.2 Å². The number of benzene rings is 1. The minimum absolute atomic E-state index is 0.00775. The summed E-state index contributed by atoms with van der Waals surface area (Å²) in [5.74, 6) is 0.253. The molecule has 0 aromatic heterocycles. The molecule has 8 heteroatoms. The minimum atomic E-state index is -0.187. The van der Waals surface area contributed by atoms with Crippen molar-refractivity contribution in [3.05, 3.63) is 28.2 Å². The molecule has 0 spiro atoms. The van der Waals surface area contributed by atoms with Crippen LogP contribution in [0.2, 0.25) is 10.0 Å². The number of nitrogens with one attached hydrogen (secondary N) is 2. The number of ketones is 1. The van der Waals surface area contributed by atoms with Crippen molar-refractivity contribution in [1.29, 1.82) is 0 Å². The monoisotopic (exact) mass is 384 g/mol. The maximum absolute atomic E-state index is 12.4. The fourth-order valence-corrected chi connectivity index (χ4v) is 3.64. The number of carbonyl (C=O) groups is 2. The van der Waals surface area contributed by atoms with E-state index in [1.54, 1.807) is 23.1 Å². The van der Waals surface area contributed by atoms with Crippen LogP contribution >= 0.6 is 23.2 Å². The highest BCUT2D eigenvalue weighted by atomic mass is 35.5. The molecule has 6 nitrogen and oxygen atoms in total. The van der Waals surface area contributed by atoms with Crippen molar-refractivity contribution in [2.24, 2.45) is 0 Å². The Morgan fingerprint density at radius 2 is 1.96 bits per heavy atom. The summed E-state index contributed by atoms with van der Waals surface area (Å²) in [6.45, 7) is 3.94. The lowest BCUT2D eigenvalue weighted by atomic mass is 10.1. The van der Waals surface area contributed by atoms with Crippen LogP contribution in [0.25, 0.3) is 0 Å². The first-order chi connectivity index (χ1) is 12.0. The van der Waals surface area contributed by atoms with Crippen molar-refractivity contribution in [3.63, 3.8) is 0 Å². The Hall–Kier alpha value is -1.34. The Morgan fingerprint density at radius 1 is 1.20 bits per heavy atom. The molecule has 0 radical (unpaired) electrons. The van der Waals surface area contributed by atoms with E-state index in [4.69, 9.17) is 23.2 Å². The number of amides is 2. The van der Waals surface area contributed by atoms with Crippen LogP contribution in [0.5, 0.6) is 0 Å². The van der Waals surface area contributed by atoms with Crippen molar-refractivity contribution >= 4 is 40.7 Å². The van der Waals surface area contributed by atoms with Gasteiger partial charge < -0.3 is 15.5 Å². The van der Waals surface area contributed by atoms with Gasteiger partial charge >= 0.3 is 6.03 Å². The van der Waals surface area contributed by atoms with E-state index in [9.17, 15) is 9.59 Å². The first-order valence-corrected chi connectivity index (χ1v) is 9.28. The summed E-state index contributed by atoms with van der Waals surface area (Å²) < 4.78 is 0. The van der Waals surface area contributed by atoms with E-state index >= 15 is 0 Å². The van der Waals surface area contributed by atoms with Gasteiger partial charge in [0.1, 0.15) is 0 Å². The van der Waals surface area contributed by atoms with Crippen molar-refractivity contribution in [2.75, 3.05) is 44.6 Å². The summed E-state index contributed by atoms with van der Waals surface area (Å²) in [4.78, 5) is 28.4. The van der Waals surface area contributed by atoms with Crippen LogP contribution in [0.15, 0.2) is 18.2 Å². The molecule has 2 fully saturated rings. The predicted octanol–water partition coefficient (Wildman–Crippen LogP) is 2.46. The molecule has 25 heavy (non-hydrogen) atoms. The first-order valence-electron chi connectivity index (χ1n) is 8.52. The molecule has 3 rings (SSSR count).